The number of H-pyrrole nitrogens is 1. The molecule has 1 fully saturated rings. The van der Waals surface area contributed by atoms with Crippen LogP contribution in [0.4, 0.5) is 11.5 Å². The maximum atomic E-state index is 12.4. The van der Waals surface area contributed by atoms with Crippen LogP contribution in [-0.2, 0) is 9.59 Å². The van der Waals surface area contributed by atoms with Crippen LogP contribution < -0.4 is 10.2 Å². The average molecular weight is 458 g/mol. The third kappa shape index (κ3) is 4.08. The predicted molar refractivity (Wildman–Crippen MR) is 133 cm³/mol. The van der Waals surface area contributed by atoms with Crippen molar-refractivity contribution < 1.29 is 14.7 Å². The number of fused-ring (bicyclic) bond motifs is 2. The van der Waals surface area contributed by atoms with Gasteiger partial charge in [0.05, 0.1) is 5.52 Å². The molecule has 0 saturated carbocycles. The van der Waals surface area contributed by atoms with Crippen LogP contribution in [0.25, 0.3) is 21.8 Å². The molecule has 0 bridgehead atoms. The number of aliphatic carboxylic acids is 1. The number of carbonyl (C=O) groups is 2. The second-order valence-electron chi connectivity index (χ2n) is 8.76. The van der Waals surface area contributed by atoms with E-state index in [1.54, 1.807) is 12.3 Å². The molecule has 4 aromatic rings. The molecule has 1 aliphatic rings. The molecule has 5 rings (SSSR count). The highest BCUT2D eigenvalue weighted by molar-refractivity contribution is 5.95. The Labute approximate surface area is 197 Å². The molecule has 1 unspecified atom stereocenters. The second kappa shape index (κ2) is 8.79. The van der Waals surface area contributed by atoms with Gasteiger partial charge in [0, 0.05) is 66.8 Å². The number of carbonyl (C=O) groups excluding carboxylic acids is 1. The zero-order valence-corrected chi connectivity index (χ0v) is 19.2. The van der Waals surface area contributed by atoms with Gasteiger partial charge in [0.15, 0.2) is 0 Å². The Hall–Kier alpha value is -3.91. The Morgan fingerprint density at radius 2 is 1.82 bits per heavy atom. The van der Waals surface area contributed by atoms with Gasteiger partial charge < -0.3 is 20.3 Å². The molecule has 1 amide bonds. The number of benzene rings is 2. The highest BCUT2D eigenvalue weighted by Gasteiger charge is 2.32. The summed E-state index contributed by atoms with van der Waals surface area (Å²) in [5.74, 6) is -0.131. The van der Waals surface area contributed by atoms with Crippen molar-refractivity contribution in [3.05, 3.63) is 65.9 Å². The number of aryl methyl sites for hydroxylation is 1. The summed E-state index contributed by atoms with van der Waals surface area (Å²) in [5.41, 5.74) is 4.33. The molecule has 0 spiro atoms. The van der Waals surface area contributed by atoms with E-state index in [4.69, 9.17) is 4.98 Å². The number of carboxylic acids is 1. The minimum Gasteiger partial charge on any atom is -0.480 e. The van der Waals surface area contributed by atoms with Gasteiger partial charge in [-0.3, -0.25) is 14.5 Å². The van der Waals surface area contributed by atoms with Gasteiger partial charge in [-0.15, -0.1) is 0 Å². The highest BCUT2D eigenvalue weighted by atomic mass is 16.4. The Balaban J connectivity index is 1.39. The first-order valence-corrected chi connectivity index (χ1v) is 11.4. The minimum atomic E-state index is -0.890. The molecule has 2 aromatic carbocycles. The first-order valence-electron chi connectivity index (χ1n) is 11.4. The van der Waals surface area contributed by atoms with Gasteiger partial charge in [-0.25, -0.2) is 4.98 Å². The number of anilines is 2. The summed E-state index contributed by atoms with van der Waals surface area (Å²) in [6, 6.07) is 14.9. The van der Waals surface area contributed by atoms with Crippen molar-refractivity contribution in [2.24, 2.45) is 0 Å². The lowest BCUT2D eigenvalue weighted by Crippen LogP contribution is -2.49. The fourth-order valence-corrected chi connectivity index (χ4v) is 4.84. The molecular formula is C26H27N5O3. The monoisotopic (exact) mass is 457 g/mol. The summed E-state index contributed by atoms with van der Waals surface area (Å²) in [6.45, 7) is 6.12. The predicted octanol–water partition coefficient (Wildman–Crippen LogP) is 3.93. The van der Waals surface area contributed by atoms with E-state index in [1.165, 1.54) is 12.5 Å². The number of hydrogen-bond donors (Lipinski definition) is 3. The molecule has 1 atom stereocenters. The average Bonchev–Trinajstić information content (AvgIpc) is 3.22. The third-order valence-corrected chi connectivity index (χ3v) is 6.48. The van der Waals surface area contributed by atoms with Gasteiger partial charge in [0.2, 0.25) is 5.91 Å². The van der Waals surface area contributed by atoms with Crippen LogP contribution in [0.15, 0.2) is 54.7 Å². The number of nitrogens with zero attached hydrogens (tertiary/aromatic N) is 3. The van der Waals surface area contributed by atoms with E-state index in [2.05, 4.69) is 34.3 Å². The first kappa shape index (κ1) is 21.9. The summed E-state index contributed by atoms with van der Waals surface area (Å²) in [5, 5.41) is 14.9. The molecular weight excluding hydrogens is 430 g/mol. The molecule has 3 heterocycles. The summed E-state index contributed by atoms with van der Waals surface area (Å²) < 4.78 is 0. The van der Waals surface area contributed by atoms with Crippen molar-refractivity contribution in [1.29, 1.82) is 0 Å². The fraction of sp³-hybridized carbons (Fsp3) is 0.269. The Bertz CT molecular complexity index is 1390. The van der Waals surface area contributed by atoms with Crippen molar-refractivity contribution in [2.45, 2.75) is 19.9 Å². The van der Waals surface area contributed by atoms with Crippen molar-refractivity contribution in [3.8, 4) is 0 Å². The zero-order valence-electron chi connectivity index (χ0n) is 19.2. The summed E-state index contributed by atoms with van der Waals surface area (Å²) >= 11 is 0. The molecule has 1 aliphatic heterocycles. The molecule has 0 radical (unpaired) electrons. The van der Waals surface area contributed by atoms with Gasteiger partial charge >= 0.3 is 5.97 Å². The Kier molecular flexibility index (Phi) is 5.67. The normalized spacial score (nSPS) is 15.5. The molecule has 0 aliphatic carbocycles. The maximum Gasteiger partial charge on any atom is 0.325 e. The lowest BCUT2D eigenvalue weighted by Gasteiger charge is -2.38. The summed E-state index contributed by atoms with van der Waals surface area (Å²) in [4.78, 5) is 36.1. The lowest BCUT2D eigenvalue weighted by molar-refractivity contribution is -0.143. The molecule has 1 saturated heterocycles. The first-order chi connectivity index (χ1) is 16.4. The van der Waals surface area contributed by atoms with Gasteiger partial charge in [-0.1, -0.05) is 18.2 Å². The van der Waals surface area contributed by atoms with Crippen LogP contribution >= 0.6 is 0 Å². The number of pyridine rings is 1. The molecule has 2 aromatic heterocycles. The van der Waals surface area contributed by atoms with Gasteiger partial charge in [-0.05, 0) is 42.8 Å². The molecule has 174 valence electrons. The van der Waals surface area contributed by atoms with Gasteiger partial charge in [0.1, 0.15) is 11.9 Å². The summed E-state index contributed by atoms with van der Waals surface area (Å²) in [7, 11) is 0. The van der Waals surface area contributed by atoms with Crippen molar-refractivity contribution in [1.82, 2.24) is 14.9 Å². The standard InChI is InChI=1S/C26H27N5O3/c1-16-13-24(29-23-6-4-3-5-19(16)23)30-9-11-31(12-10-30)25(26(33)34)21-15-27-22-8-7-18(14-20(21)22)28-17(2)32/h3-8,13-15,25,27H,9-12H2,1-2H3,(H,28,32)(H,33,34). The Morgan fingerprint density at radius 1 is 1.06 bits per heavy atom. The van der Waals surface area contributed by atoms with E-state index < -0.39 is 12.0 Å². The van der Waals surface area contributed by atoms with Crippen LogP contribution in [-0.4, -0.2) is 58.0 Å². The third-order valence-electron chi connectivity index (χ3n) is 6.48. The topological polar surface area (TPSA) is 102 Å². The van der Waals surface area contributed by atoms with E-state index >= 15 is 0 Å². The molecule has 3 N–H and O–H groups in total. The number of amides is 1. The van der Waals surface area contributed by atoms with E-state index in [-0.39, 0.29) is 5.91 Å². The van der Waals surface area contributed by atoms with E-state index in [1.807, 2.05) is 35.2 Å². The largest absolute Gasteiger partial charge is 0.480 e. The number of aromatic nitrogens is 2. The highest BCUT2D eigenvalue weighted by Crippen LogP contribution is 2.32. The number of hydrogen-bond acceptors (Lipinski definition) is 5. The number of carboxylic acid groups (broad SMARTS) is 1. The van der Waals surface area contributed by atoms with Crippen LogP contribution in [0.1, 0.15) is 24.1 Å². The number of para-hydroxylation sites is 1. The lowest BCUT2D eigenvalue weighted by atomic mass is 10.0. The SMILES string of the molecule is CC(=O)Nc1ccc2[nH]cc(C(C(=O)O)N3CCN(c4cc(C)c5ccccc5n4)CC3)c2c1. The second-order valence-corrected chi connectivity index (χ2v) is 8.76. The molecule has 34 heavy (non-hydrogen) atoms. The minimum absolute atomic E-state index is 0.167. The van der Waals surface area contributed by atoms with E-state index in [0.29, 0.717) is 37.4 Å². The summed E-state index contributed by atoms with van der Waals surface area (Å²) in [6.07, 6.45) is 1.77. The quantitative estimate of drug-likeness (QED) is 0.420. The van der Waals surface area contributed by atoms with Crippen LogP contribution in [0, 0.1) is 6.92 Å². The van der Waals surface area contributed by atoms with Gasteiger partial charge in [0.25, 0.3) is 0 Å². The number of nitrogens with one attached hydrogen (secondary N) is 2. The zero-order chi connectivity index (χ0) is 23.8. The smallest absolute Gasteiger partial charge is 0.325 e. The fourth-order valence-electron chi connectivity index (χ4n) is 4.84. The van der Waals surface area contributed by atoms with Crippen molar-refractivity contribution in [3.63, 3.8) is 0 Å². The number of aromatic amines is 1. The molecule has 8 nitrogen and oxygen atoms in total. The van der Waals surface area contributed by atoms with Crippen LogP contribution in [0.3, 0.4) is 0 Å². The van der Waals surface area contributed by atoms with E-state index in [0.717, 1.165) is 27.6 Å². The van der Waals surface area contributed by atoms with Crippen molar-refractivity contribution >= 4 is 45.2 Å². The van der Waals surface area contributed by atoms with Crippen molar-refractivity contribution in [2.75, 3.05) is 36.4 Å². The van der Waals surface area contributed by atoms with Gasteiger partial charge in [-0.2, -0.15) is 0 Å². The maximum absolute atomic E-state index is 12.4. The number of rotatable bonds is 5. The number of piperazine rings is 1. The van der Waals surface area contributed by atoms with Crippen LogP contribution in [0.5, 0.6) is 0 Å². The molecule has 8 heteroatoms. The van der Waals surface area contributed by atoms with E-state index in [9.17, 15) is 14.7 Å². The van der Waals surface area contributed by atoms with Crippen LogP contribution in [0.2, 0.25) is 0 Å². The Morgan fingerprint density at radius 3 is 2.56 bits per heavy atom.